The monoisotopic (exact) mass is 265 g/mol. The molecule has 1 aliphatic carbocycles. The lowest BCUT2D eigenvalue weighted by atomic mass is 9.84. The summed E-state index contributed by atoms with van der Waals surface area (Å²) in [6, 6.07) is 1.19. The fraction of sp³-hybridized carbons (Fsp3) is 0.857. The molecule has 0 spiro atoms. The van der Waals surface area contributed by atoms with Gasteiger partial charge in [0, 0.05) is 24.0 Å². The molecule has 19 heavy (non-hydrogen) atoms. The van der Waals surface area contributed by atoms with Crippen LogP contribution in [0.2, 0.25) is 0 Å². The quantitative estimate of drug-likeness (QED) is 0.685. The number of amides is 2. The van der Waals surface area contributed by atoms with Gasteiger partial charge >= 0.3 is 0 Å². The molecular formula is C14H23N3O2. The van der Waals surface area contributed by atoms with Gasteiger partial charge in [0.25, 0.3) is 0 Å². The van der Waals surface area contributed by atoms with Crippen LogP contribution in [0, 0.1) is 11.8 Å². The minimum Gasteiger partial charge on any atom is -0.369 e. The van der Waals surface area contributed by atoms with Gasteiger partial charge in [-0.25, -0.2) is 0 Å². The summed E-state index contributed by atoms with van der Waals surface area (Å²) in [6.07, 6.45) is 6.74. The van der Waals surface area contributed by atoms with Crippen LogP contribution < -0.4 is 16.4 Å². The van der Waals surface area contributed by atoms with Crippen LogP contribution >= 0.6 is 0 Å². The van der Waals surface area contributed by atoms with Crippen molar-refractivity contribution in [2.24, 2.45) is 17.6 Å². The average molecular weight is 265 g/mol. The molecule has 3 aliphatic rings. The van der Waals surface area contributed by atoms with Crippen molar-refractivity contribution in [3.05, 3.63) is 0 Å². The van der Waals surface area contributed by atoms with E-state index in [-0.39, 0.29) is 29.7 Å². The fourth-order valence-corrected chi connectivity index (χ4v) is 3.94. The molecule has 4 N–H and O–H groups in total. The molecule has 3 fully saturated rings. The summed E-state index contributed by atoms with van der Waals surface area (Å²) < 4.78 is 0. The highest BCUT2D eigenvalue weighted by molar-refractivity contribution is 5.80. The summed E-state index contributed by atoms with van der Waals surface area (Å²) in [5.74, 6) is 0.189. The largest absolute Gasteiger partial charge is 0.369 e. The number of hydrogen-bond acceptors (Lipinski definition) is 3. The van der Waals surface area contributed by atoms with Crippen molar-refractivity contribution >= 4 is 11.8 Å². The Balaban J connectivity index is 1.47. The Bertz CT molecular complexity index is 377. The maximum Gasteiger partial charge on any atom is 0.224 e. The Morgan fingerprint density at radius 3 is 2.32 bits per heavy atom. The molecule has 3 atom stereocenters. The molecule has 5 heteroatoms. The van der Waals surface area contributed by atoms with Crippen molar-refractivity contribution in [2.75, 3.05) is 0 Å². The fourth-order valence-electron chi connectivity index (χ4n) is 3.94. The number of nitrogens with two attached hydrogens (primary N) is 1. The molecule has 2 bridgehead atoms. The van der Waals surface area contributed by atoms with Crippen LogP contribution in [0.15, 0.2) is 0 Å². The van der Waals surface area contributed by atoms with E-state index in [0.717, 1.165) is 38.5 Å². The second-order valence-electron chi connectivity index (χ2n) is 6.35. The van der Waals surface area contributed by atoms with Crippen molar-refractivity contribution in [1.82, 2.24) is 10.6 Å². The second-order valence-corrected chi connectivity index (χ2v) is 6.35. The highest BCUT2D eigenvalue weighted by atomic mass is 16.2. The second kappa shape index (κ2) is 5.12. The molecule has 3 rings (SSSR count). The van der Waals surface area contributed by atoms with Gasteiger partial charge in [-0.05, 0) is 44.9 Å². The van der Waals surface area contributed by atoms with E-state index in [2.05, 4.69) is 10.6 Å². The van der Waals surface area contributed by atoms with Gasteiger partial charge in [-0.15, -0.1) is 0 Å². The third-order valence-electron chi connectivity index (χ3n) is 5.11. The summed E-state index contributed by atoms with van der Waals surface area (Å²) in [4.78, 5) is 23.4. The third-order valence-corrected chi connectivity index (χ3v) is 5.11. The van der Waals surface area contributed by atoms with Crippen molar-refractivity contribution in [2.45, 2.75) is 63.1 Å². The molecule has 0 radical (unpaired) electrons. The first-order valence-corrected chi connectivity index (χ1v) is 7.49. The predicted molar refractivity (Wildman–Crippen MR) is 71.1 cm³/mol. The van der Waals surface area contributed by atoms with Crippen LogP contribution in [0.4, 0.5) is 0 Å². The van der Waals surface area contributed by atoms with Gasteiger partial charge in [0.15, 0.2) is 0 Å². The van der Waals surface area contributed by atoms with Crippen molar-refractivity contribution in [3.63, 3.8) is 0 Å². The number of fused-ring (bicyclic) bond motifs is 2. The normalized spacial score (nSPS) is 41.2. The third kappa shape index (κ3) is 2.61. The molecule has 0 aromatic rings. The van der Waals surface area contributed by atoms with Crippen LogP contribution in [0.5, 0.6) is 0 Å². The zero-order chi connectivity index (χ0) is 13.4. The number of primary amides is 1. The smallest absolute Gasteiger partial charge is 0.224 e. The highest BCUT2D eigenvalue weighted by Gasteiger charge is 2.43. The van der Waals surface area contributed by atoms with Gasteiger partial charge in [0.1, 0.15) is 0 Å². The van der Waals surface area contributed by atoms with Gasteiger partial charge in [-0.3, -0.25) is 9.59 Å². The van der Waals surface area contributed by atoms with E-state index in [1.165, 1.54) is 6.42 Å². The first kappa shape index (κ1) is 12.9. The van der Waals surface area contributed by atoms with E-state index in [1.807, 2.05) is 0 Å². The zero-order valence-corrected chi connectivity index (χ0v) is 11.2. The summed E-state index contributed by atoms with van der Waals surface area (Å²) in [5, 5.41) is 6.67. The van der Waals surface area contributed by atoms with Crippen LogP contribution in [0.25, 0.3) is 0 Å². The minimum atomic E-state index is -0.193. The number of nitrogens with one attached hydrogen (secondary N) is 2. The van der Waals surface area contributed by atoms with Crippen LogP contribution in [-0.4, -0.2) is 29.9 Å². The molecule has 3 unspecified atom stereocenters. The number of carbonyl (C=O) groups is 2. The first-order chi connectivity index (χ1) is 9.13. The van der Waals surface area contributed by atoms with E-state index >= 15 is 0 Å². The lowest BCUT2D eigenvalue weighted by Crippen LogP contribution is -2.44. The minimum absolute atomic E-state index is 0.0114. The maximum atomic E-state index is 12.3. The SMILES string of the molecule is NC(=O)C1CCC(NC(=O)C2CC3CCC2N3)CC1. The van der Waals surface area contributed by atoms with E-state index in [0.29, 0.717) is 12.1 Å². The highest BCUT2D eigenvalue weighted by Crippen LogP contribution is 2.33. The molecular weight excluding hydrogens is 242 g/mol. The van der Waals surface area contributed by atoms with Crippen LogP contribution in [0.1, 0.15) is 44.9 Å². The molecule has 2 saturated heterocycles. The van der Waals surface area contributed by atoms with Gasteiger partial charge in [-0.2, -0.15) is 0 Å². The van der Waals surface area contributed by atoms with E-state index < -0.39 is 0 Å². The van der Waals surface area contributed by atoms with Crippen molar-refractivity contribution < 1.29 is 9.59 Å². The molecule has 5 nitrogen and oxygen atoms in total. The van der Waals surface area contributed by atoms with Crippen LogP contribution in [0.3, 0.4) is 0 Å². The molecule has 0 aromatic heterocycles. The van der Waals surface area contributed by atoms with E-state index in [1.54, 1.807) is 0 Å². The molecule has 106 valence electrons. The van der Waals surface area contributed by atoms with Crippen LogP contribution in [-0.2, 0) is 9.59 Å². The van der Waals surface area contributed by atoms with Crippen molar-refractivity contribution in [1.29, 1.82) is 0 Å². The summed E-state index contributed by atoms with van der Waals surface area (Å²) >= 11 is 0. The molecule has 1 saturated carbocycles. The number of rotatable bonds is 3. The summed E-state index contributed by atoms with van der Waals surface area (Å²) in [5.41, 5.74) is 5.32. The summed E-state index contributed by atoms with van der Waals surface area (Å²) in [6.45, 7) is 0. The Labute approximate surface area is 113 Å². The average Bonchev–Trinajstić information content (AvgIpc) is 3.01. The maximum absolute atomic E-state index is 12.3. The lowest BCUT2D eigenvalue weighted by molar-refractivity contribution is -0.126. The predicted octanol–water partition coefficient (Wildman–Crippen LogP) is 0.287. The Hall–Kier alpha value is -1.10. The van der Waals surface area contributed by atoms with Gasteiger partial charge in [-0.1, -0.05) is 0 Å². The molecule has 0 aromatic carbocycles. The molecule has 2 aliphatic heterocycles. The number of hydrogen-bond donors (Lipinski definition) is 3. The molecule has 2 amide bonds. The van der Waals surface area contributed by atoms with Gasteiger partial charge in [0.2, 0.25) is 11.8 Å². The lowest BCUT2D eigenvalue weighted by Gasteiger charge is -2.29. The Morgan fingerprint density at radius 1 is 1.05 bits per heavy atom. The topological polar surface area (TPSA) is 84.2 Å². The van der Waals surface area contributed by atoms with Gasteiger partial charge < -0.3 is 16.4 Å². The van der Waals surface area contributed by atoms with E-state index in [4.69, 9.17) is 5.73 Å². The van der Waals surface area contributed by atoms with E-state index in [9.17, 15) is 9.59 Å². The Morgan fingerprint density at radius 2 is 1.79 bits per heavy atom. The first-order valence-electron chi connectivity index (χ1n) is 7.49. The van der Waals surface area contributed by atoms with Crippen molar-refractivity contribution in [3.8, 4) is 0 Å². The number of carbonyl (C=O) groups excluding carboxylic acids is 2. The molecule has 2 heterocycles. The van der Waals surface area contributed by atoms with Gasteiger partial charge in [0.05, 0.1) is 5.92 Å². The summed E-state index contributed by atoms with van der Waals surface area (Å²) in [7, 11) is 0. The Kier molecular flexibility index (Phi) is 3.48. The zero-order valence-electron chi connectivity index (χ0n) is 11.2. The standard InChI is InChI=1S/C14H23N3O2/c15-13(18)8-1-3-9(4-2-8)17-14(19)11-7-10-5-6-12(11)16-10/h8-12,16H,1-7H2,(H2,15,18)(H,17,19).